The van der Waals surface area contributed by atoms with E-state index in [1.54, 1.807) is 0 Å². The van der Waals surface area contributed by atoms with Crippen molar-refractivity contribution in [3.05, 3.63) is 0 Å². The topological polar surface area (TPSA) is 21.3 Å². The second-order valence-corrected chi connectivity index (χ2v) is 7.64. The highest BCUT2D eigenvalue weighted by Crippen LogP contribution is 2.38. The summed E-state index contributed by atoms with van der Waals surface area (Å²) >= 11 is 0. The van der Waals surface area contributed by atoms with Crippen LogP contribution in [0, 0.1) is 11.8 Å². The summed E-state index contributed by atoms with van der Waals surface area (Å²) in [5.74, 6) is 1.56. The monoisotopic (exact) mass is 281 g/mol. The van der Waals surface area contributed by atoms with Crippen molar-refractivity contribution < 1.29 is 4.74 Å². The highest BCUT2D eigenvalue weighted by Gasteiger charge is 2.38. The largest absolute Gasteiger partial charge is 0.370 e. The number of nitrogens with one attached hydrogen (secondary N) is 1. The molecule has 0 aromatic heterocycles. The number of hydrogen-bond donors (Lipinski definition) is 1. The molecule has 20 heavy (non-hydrogen) atoms. The molecular weight excluding hydrogens is 246 g/mol. The molecule has 2 rings (SSSR count). The number of ether oxygens (including phenoxy) is 1. The van der Waals surface area contributed by atoms with E-state index in [9.17, 15) is 0 Å². The maximum atomic E-state index is 6.58. The summed E-state index contributed by atoms with van der Waals surface area (Å²) in [5, 5.41) is 3.73. The smallest absolute Gasteiger partial charge is 0.0810 e. The highest BCUT2D eigenvalue weighted by atomic mass is 16.5. The molecule has 0 radical (unpaired) electrons. The van der Waals surface area contributed by atoms with Gasteiger partial charge in [-0.2, -0.15) is 0 Å². The summed E-state index contributed by atoms with van der Waals surface area (Å²) in [6, 6.07) is 0.790. The van der Waals surface area contributed by atoms with Crippen LogP contribution in [-0.2, 0) is 4.74 Å². The normalized spacial score (nSPS) is 32.5. The Morgan fingerprint density at radius 3 is 2.25 bits per heavy atom. The minimum Gasteiger partial charge on any atom is -0.370 e. The van der Waals surface area contributed by atoms with Crippen molar-refractivity contribution >= 4 is 0 Å². The molecule has 0 aromatic carbocycles. The van der Waals surface area contributed by atoms with E-state index in [0.29, 0.717) is 12.0 Å². The molecule has 2 aliphatic carbocycles. The summed E-state index contributed by atoms with van der Waals surface area (Å²) < 4.78 is 6.58. The van der Waals surface area contributed by atoms with Gasteiger partial charge in [0.15, 0.2) is 0 Å². The van der Waals surface area contributed by atoms with Crippen molar-refractivity contribution in [2.45, 2.75) is 96.8 Å². The molecule has 1 unspecified atom stereocenters. The van der Waals surface area contributed by atoms with Crippen LogP contribution in [-0.4, -0.2) is 24.3 Å². The minimum absolute atomic E-state index is 0.122. The Labute approximate surface area is 126 Å². The summed E-state index contributed by atoms with van der Waals surface area (Å²) in [5.41, 5.74) is 0.122. The first-order valence-electron chi connectivity index (χ1n) is 8.96. The zero-order valence-corrected chi connectivity index (χ0v) is 14.1. The van der Waals surface area contributed by atoms with Gasteiger partial charge in [-0.05, 0) is 57.3 Å². The first kappa shape index (κ1) is 16.3. The Balaban J connectivity index is 1.89. The van der Waals surface area contributed by atoms with Gasteiger partial charge in [-0.25, -0.2) is 0 Å². The van der Waals surface area contributed by atoms with Crippen LogP contribution >= 0.6 is 0 Å². The lowest BCUT2D eigenvalue weighted by atomic mass is 9.76. The zero-order valence-electron chi connectivity index (χ0n) is 14.1. The van der Waals surface area contributed by atoms with Gasteiger partial charge in [-0.1, -0.05) is 33.6 Å². The van der Waals surface area contributed by atoms with E-state index >= 15 is 0 Å². The second-order valence-electron chi connectivity index (χ2n) is 7.64. The standard InChI is InChI=1S/C18H35NO/c1-5-6-16-9-11-18(12-10-16,13-19-17-7-8-17)20-15(4)14(2)3/h14-17,19H,5-13H2,1-4H3. The Kier molecular flexibility index (Phi) is 5.92. The van der Waals surface area contributed by atoms with E-state index in [0.717, 1.165) is 18.5 Å². The van der Waals surface area contributed by atoms with Gasteiger partial charge in [0.25, 0.3) is 0 Å². The van der Waals surface area contributed by atoms with Crippen LogP contribution in [0.2, 0.25) is 0 Å². The van der Waals surface area contributed by atoms with Gasteiger partial charge in [0.2, 0.25) is 0 Å². The maximum Gasteiger partial charge on any atom is 0.0810 e. The molecule has 0 aromatic rings. The summed E-state index contributed by atoms with van der Waals surface area (Å²) in [4.78, 5) is 0. The van der Waals surface area contributed by atoms with E-state index in [2.05, 4.69) is 33.0 Å². The lowest BCUT2D eigenvalue weighted by molar-refractivity contribution is -0.125. The van der Waals surface area contributed by atoms with Crippen LogP contribution < -0.4 is 5.32 Å². The average molecular weight is 281 g/mol. The van der Waals surface area contributed by atoms with E-state index in [1.165, 1.54) is 51.4 Å². The molecule has 2 nitrogen and oxygen atoms in total. The van der Waals surface area contributed by atoms with Gasteiger partial charge in [-0.15, -0.1) is 0 Å². The van der Waals surface area contributed by atoms with E-state index in [1.807, 2.05) is 0 Å². The molecule has 0 bridgehead atoms. The van der Waals surface area contributed by atoms with Gasteiger partial charge in [-0.3, -0.25) is 0 Å². The average Bonchev–Trinajstić information content (AvgIpc) is 3.23. The third-order valence-corrected chi connectivity index (χ3v) is 5.38. The summed E-state index contributed by atoms with van der Waals surface area (Å²) in [7, 11) is 0. The van der Waals surface area contributed by atoms with Gasteiger partial charge in [0.05, 0.1) is 11.7 Å². The van der Waals surface area contributed by atoms with E-state index in [-0.39, 0.29) is 5.60 Å². The van der Waals surface area contributed by atoms with Crippen molar-refractivity contribution in [3.63, 3.8) is 0 Å². The van der Waals surface area contributed by atoms with Crippen LogP contribution in [0.5, 0.6) is 0 Å². The van der Waals surface area contributed by atoms with E-state index < -0.39 is 0 Å². The molecule has 0 heterocycles. The fourth-order valence-electron chi connectivity index (χ4n) is 3.39. The maximum absolute atomic E-state index is 6.58. The molecule has 2 aliphatic rings. The van der Waals surface area contributed by atoms with Crippen molar-refractivity contribution in [1.82, 2.24) is 5.32 Å². The third-order valence-electron chi connectivity index (χ3n) is 5.38. The summed E-state index contributed by atoms with van der Waals surface area (Å²) in [6.07, 6.45) is 11.1. The third kappa shape index (κ3) is 4.73. The molecule has 0 saturated heterocycles. The molecule has 2 heteroatoms. The van der Waals surface area contributed by atoms with Crippen LogP contribution in [0.25, 0.3) is 0 Å². The Morgan fingerprint density at radius 2 is 1.75 bits per heavy atom. The first-order chi connectivity index (χ1) is 9.54. The van der Waals surface area contributed by atoms with E-state index in [4.69, 9.17) is 4.74 Å². The predicted octanol–water partition coefficient (Wildman–Crippen LogP) is 4.53. The first-order valence-corrected chi connectivity index (χ1v) is 8.96. The molecule has 1 atom stereocenters. The Morgan fingerprint density at radius 1 is 1.10 bits per heavy atom. The lowest BCUT2D eigenvalue weighted by Crippen LogP contribution is -2.48. The fraction of sp³-hybridized carbons (Fsp3) is 1.00. The van der Waals surface area contributed by atoms with Crippen LogP contribution in [0.4, 0.5) is 0 Å². The molecule has 1 N–H and O–H groups in total. The van der Waals surface area contributed by atoms with Crippen molar-refractivity contribution in [1.29, 1.82) is 0 Å². The second kappa shape index (κ2) is 7.26. The molecule has 2 saturated carbocycles. The SMILES string of the molecule is CCCC1CCC(CNC2CC2)(OC(C)C(C)C)CC1. The van der Waals surface area contributed by atoms with Gasteiger partial charge >= 0.3 is 0 Å². The van der Waals surface area contributed by atoms with Gasteiger partial charge < -0.3 is 10.1 Å². The Hall–Kier alpha value is -0.0800. The quantitative estimate of drug-likeness (QED) is 0.706. The zero-order chi connectivity index (χ0) is 14.6. The minimum atomic E-state index is 0.122. The number of rotatable bonds is 8. The van der Waals surface area contributed by atoms with Crippen molar-refractivity contribution in [2.75, 3.05) is 6.54 Å². The van der Waals surface area contributed by atoms with Gasteiger partial charge in [0, 0.05) is 12.6 Å². The van der Waals surface area contributed by atoms with Gasteiger partial charge in [0.1, 0.15) is 0 Å². The van der Waals surface area contributed by atoms with Crippen LogP contribution in [0.3, 0.4) is 0 Å². The lowest BCUT2D eigenvalue weighted by Gasteiger charge is -2.43. The predicted molar refractivity (Wildman–Crippen MR) is 86.0 cm³/mol. The molecule has 2 fully saturated rings. The van der Waals surface area contributed by atoms with Crippen molar-refractivity contribution in [2.24, 2.45) is 11.8 Å². The van der Waals surface area contributed by atoms with Crippen LogP contribution in [0.15, 0.2) is 0 Å². The molecule has 0 amide bonds. The molecule has 0 spiro atoms. The highest BCUT2D eigenvalue weighted by molar-refractivity contribution is 4.93. The summed E-state index contributed by atoms with van der Waals surface area (Å²) in [6.45, 7) is 10.2. The fourth-order valence-corrected chi connectivity index (χ4v) is 3.39. The van der Waals surface area contributed by atoms with Crippen molar-refractivity contribution in [3.8, 4) is 0 Å². The Bertz CT molecular complexity index is 277. The number of hydrogen-bond acceptors (Lipinski definition) is 2. The molecular formula is C18H35NO. The molecule has 0 aliphatic heterocycles. The molecule has 118 valence electrons. The van der Waals surface area contributed by atoms with Crippen LogP contribution in [0.1, 0.15) is 79.1 Å².